The lowest BCUT2D eigenvalue weighted by Gasteiger charge is -1.95. The van der Waals surface area contributed by atoms with Gasteiger partial charge in [-0.3, -0.25) is 0 Å². The maximum Gasteiger partial charge on any atom is 0.258 e. The summed E-state index contributed by atoms with van der Waals surface area (Å²) in [6.45, 7) is 0.667. The molecule has 16 heavy (non-hydrogen) atoms. The molecule has 0 atom stereocenters. The molecule has 3 rings (SSSR count). The molecule has 1 fully saturated rings. The fourth-order valence-corrected chi connectivity index (χ4v) is 2.84. The van der Waals surface area contributed by atoms with E-state index in [-0.39, 0.29) is 0 Å². The van der Waals surface area contributed by atoms with E-state index in [4.69, 9.17) is 4.42 Å². The van der Waals surface area contributed by atoms with E-state index in [9.17, 15) is 0 Å². The first-order valence-electron chi connectivity index (χ1n) is 5.12. The van der Waals surface area contributed by atoms with Gasteiger partial charge in [0.2, 0.25) is 5.89 Å². The SMILES string of the molecule is Brc1ccsc1-c1nnc(CNC2CC2)o1. The second-order valence-electron chi connectivity index (χ2n) is 3.75. The predicted molar refractivity (Wildman–Crippen MR) is 65.2 cm³/mol. The number of hydrogen-bond acceptors (Lipinski definition) is 5. The lowest BCUT2D eigenvalue weighted by atomic mass is 10.5. The summed E-state index contributed by atoms with van der Waals surface area (Å²) < 4.78 is 6.59. The van der Waals surface area contributed by atoms with Crippen LogP contribution in [0.1, 0.15) is 18.7 Å². The number of halogens is 1. The minimum Gasteiger partial charge on any atom is -0.418 e. The molecule has 2 aromatic heterocycles. The zero-order chi connectivity index (χ0) is 11.0. The molecule has 0 aromatic carbocycles. The van der Waals surface area contributed by atoms with Crippen molar-refractivity contribution in [3.8, 4) is 10.8 Å². The summed E-state index contributed by atoms with van der Waals surface area (Å²) in [5.41, 5.74) is 0. The highest BCUT2D eigenvalue weighted by Gasteiger charge is 2.21. The van der Waals surface area contributed by atoms with Crippen LogP contribution in [-0.4, -0.2) is 16.2 Å². The van der Waals surface area contributed by atoms with Gasteiger partial charge in [-0.15, -0.1) is 21.5 Å². The molecule has 1 saturated carbocycles. The Bertz CT molecular complexity index is 492. The molecule has 0 aliphatic heterocycles. The van der Waals surface area contributed by atoms with Crippen LogP contribution in [0.2, 0.25) is 0 Å². The van der Waals surface area contributed by atoms with Crippen molar-refractivity contribution in [2.45, 2.75) is 25.4 Å². The van der Waals surface area contributed by atoms with Crippen LogP contribution in [0.15, 0.2) is 20.3 Å². The Hall–Kier alpha value is -0.720. The first-order chi connectivity index (χ1) is 7.83. The molecule has 1 aliphatic carbocycles. The molecular formula is C10H10BrN3OS. The van der Waals surface area contributed by atoms with E-state index < -0.39 is 0 Å². The molecule has 1 aliphatic rings. The number of nitrogens with one attached hydrogen (secondary N) is 1. The van der Waals surface area contributed by atoms with Crippen LogP contribution in [0, 0.1) is 0 Å². The van der Waals surface area contributed by atoms with Gasteiger partial charge in [0.15, 0.2) is 0 Å². The van der Waals surface area contributed by atoms with Crippen LogP contribution >= 0.6 is 27.3 Å². The van der Waals surface area contributed by atoms with Crippen LogP contribution in [0.3, 0.4) is 0 Å². The van der Waals surface area contributed by atoms with Crippen LogP contribution < -0.4 is 5.32 Å². The van der Waals surface area contributed by atoms with Crippen molar-refractivity contribution in [2.75, 3.05) is 0 Å². The summed E-state index contributed by atoms with van der Waals surface area (Å²) in [6.07, 6.45) is 2.52. The highest BCUT2D eigenvalue weighted by atomic mass is 79.9. The molecule has 84 valence electrons. The fraction of sp³-hybridized carbons (Fsp3) is 0.400. The molecule has 2 aromatic rings. The average molecular weight is 300 g/mol. The first kappa shape index (κ1) is 10.4. The van der Waals surface area contributed by atoms with Gasteiger partial charge >= 0.3 is 0 Å². The monoisotopic (exact) mass is 299 g/mol. The van der Waals surface area contributed by atoms with Gasteiger partial charge in [0, 0.05) is 10.5 Å². The van der Waals surface area contributed by atoms with Gasteiger partial charge in [0.1, 0.15) is 4.88 Å². The van der Waals surface area contributed by atoms with E-state index >= 15 is 0 Å². The molecule has 0 bridgehead atoms. The van der Waals surface area contributed by atoms with Gasteiger partial charge in [-0.2, -0.15) is 0 Å². The maximum absolute atomic E-state index is 5.58. The van der Waals surface area contributed by atoms with Gasteiger partial charge in [0.05, 0.1) is 6.54 Å². The third-order valence-electron chi connectivity index (χ3n) is 2.40. The van der Waals surface area contributed by atoms with Crippen LogP contribution in [0.25, 0.3) is 10.8 Å². The van der Waals surface area contributed by atoms with E-state index in [0.717, 1.165) is 9.35 Å². The molecule has 0 spiro atoms. The zero-order valence-corrected chi connectivity index (χ0v) is 10.8. The largest absolute Gasteiger partial charge is 0.418 e. The number of hydrogen-bond donors (Lipinski definition) is 1. The van der Waals surface area contributed by atoms with Crippen molar-refractivity contribution in [2.24, 2.45) is 0 Å². The summed E-state index contributed by atoms with van der Waals surface area (Å²) >= 11 is 5.04. The fourth-order valence-electron chi connectivity index (χ4n) is 1.38. The smallest absolute Gasteiger partial charge is 0.258 e. The second kappa shape index (κ2) is 4.27. The Morgan fingerprint density at radius 3 is 3.06 bits per heavy atom. The Labute approximate surface area is 105 Å². The number of rotatable bonds is 4. The number of nitrogens with zero attached hydrogens (tertiary/aromatic N) is 2. The molecule has 6 heteroatoms. The molecule has 0 saturated heterocycles. The lowest BCUT2D eigenvalue weighted by Crippen LogP contribution is -2.15. The Morgan fingerprint density at radius 1 is 1.50 bits per heavy atom. The highest BCUT2D eigenvalue weighted by Crippen LogP contribution is 2.32. The van der Waals surface area contributed by atoms with Crippen LogP contribution in [0.4, 0.5) is 0 Å². The maximum atomic E-state index is 5.58. The highest BCUT2D eigenvalue weighted by molar-refractivity contribution is 9.10. The molecule has 0 radical (unpaired) electrons. The summed E-state index contributed by atoms with van der Waals surface area (Å²) in [7, 11) is 0. The Morgan fingerprint density at radius 2 is 2.38 bits per heavy atom. The average Bonchev–Trinajstić information content (AvgIpc) is 2.82. The topological polar surface area (TPSA) is 51.0 Å². The molecule has 1 N–H and O–H groups in total. The normalized spacial score (nSPS) is 15.6. The molecule has 0 amide bonds. The second-order valence-corrected chi connectivity index (χ2v) is 5.52. The summed E-state index contributed by atoms with van der Waals surface area (Å²) in [5, 5.41) is 13.4. The van der Waals surface area contributed by atoms with Crippen molar-refractivity contribution >= 4 is 27.3 Å². The molecule has 4 nitrogen and oxygen atoms in total. The van der Waals surface area contributed by atoms with Crippen LogP contribution in [0.5, 0.6) is 0 Å². The van der Waals surface area contributed by atoms with Crippen molar-refractivity contribution in [3.63, 3.8) is 0 Å². The van der Waals surface area contributed by atoms with Gasteiger partial charge in [-0.1, -0.05) is 0 Å². The number of aromatic nitrogens is 2. The van der Waals surface area contributed by atoms with E-state index in [1.807, 2.05) is 11.4 Å². The Kier molecular flexibility index (Phi) is 2.79. The predicted octanol–water partition coefficient (Wildman–Crippen LogP) is 2.81. The summed E-state index contributed by atoms with van der Waals surface area (Å²) in [5.74, 6) is 1.25. The van der Waals surface area contributed by atoms with E-state index in [1.54, 1.807) is 11.3 Å². The third-order valence-corrected chi connectivity index (χ3v) is 4.22. The van der Waals surface area contributed by atoms with Crippen molar-refractivity contribution in [3.05, 3.63) is 21.8 Å². The van der Waals surface area contributed by atoms with Crippen molar-refractivity contribution in [1.82, 2.24) is 15.5 Å². The van der Waals surface area contributed by atoms with Gasteiger partial charge in [-0.05, 0) is 40.2 Å². The van der Waals surface area contributed by atoms with Crippen molar-refractivity contribution < 1.29 is 4.42 Å². The lowest BCUT2D eigenvalue weighted by molar-refractivity contribution is 0.477. The molecular weight excluding hydrogens is 290 g/mol. The minimum absolute atomic E-state index is 0.592. The van der Waals surface area contributed by atoms with Gasteiger partial charge in [0.25, 0.3) is 5.89 Å². The first-order valence-corrected chi connectivity index (χ1v) is 6.79. The summed E-state index contributed by atoms with van der Waals surface area (Å²) in [6, 6.07) is 2.63. The quantitative estimate of drug-likeness (QED) is 0.943. The van der Waals surface area contributed by atoms with E-state index in [0.29, 0.717) is 24.4 Å². The summed E-state index contributed by atoms with van der Waals surface area (Å²) in [4.78, 5) is 0.991. The minimum atomic E-state index is 0.592. The van der Waals surface area contributed by atoms with Gasteiger partial charge < -0.3 is 9.73 Å². The molecule has 0 unspecified atom stereocenters. The standard InChI is InChI=1S/C10H10BrN3OS/c11-7-3-4-16-9(7)10-14-13-8(15-10)5-12-6-1-2-6/h3-4,6,12H,1-2,5H2. The molecule has 2 heterocycles. The number of thiophene rings is 1. The van der Waals surface area contributed by atoms with Crippen LogP contribution in [-0.2, 0) is 6.54 Å². The van der Waals surface area contributed by atoms with E-state index in [1.165, 1.54) is 12.8 Å². The Balaban J connectivity index is 1.74. The van der Waals surface area contributed by atoms with E-state index in [2.05, 4.69) is 31.4 Å². The van der Waals surface area contributed by atoms with Gasteiger partial charge in [-0.25, -0.2) is 0 Å². The van der Waals surface area contributed by atoms with Crippen molar-refractivity contribution in [1.29, 1.82) is 0 Å². The third kappa shape index (κ3) is 2.18. The zero-order valence-electron chi connectivity index (χ0n) is 8.44.